The molecule has 2 unspecified atom stereocenters. The predicted molar refractivity (Wildman–Crippen MR) is 63.1 cm³/mol. The fourth-order valence-corrected chi connectivity index (χ4v) is 3.12. The number of hydrogen-bond donors (Lipinski definition) is 2. The van der Waals surface area contributed by atoms with Gasteiger partial charge in [-0.3, -0.25) is 0 Å². The predicted octanol–water partition coefficient (Wildman–Crippen LogP) is 0.320. The zero-order chi connectivity index (χ0) is 12.7. The van der Waals surface area contributed by atoms with Gasteiger partial charge in [-0.1, -0.05) is 13.8 Å². The summed E-state index contributed by atoms with van der Waals surface area (Å²) in [6, 6.07) is -0.265. The molecule has 0 aliphatic heterocycles. The Morgan fingerprint density at radius 2 is 1.94 bits per heavy atom. The molecule has 0 aromatic carbocycles. The highest BCUT2D eigenvalue weighted by molar-refractivity contribution is 7.87. The van der Waals surface area contributed by atoms with Crippen LogP contribution in [0.1, 0.15) is 34.1 Å². The lowest BCUT2D eigenvalue weighted by molar-refractivity contribution is -0.0649. The molecule has 1 aliphatic carbocycles. The SMILES string of the molecule is CC(C)N(C)S(=O)(=O)NC1CC(O)C1(C)C. The molecule has 1 rings (SSSR count). The molecule has 2 N–H and O–H groups in total. The van der Waals surface area contributed by atoms with Gasteiger partial charge in [-0.2, -0.15) is 17.4 Å². The molecule has 0 aromatic rings. The van der Waals surface area contributed by atoms with Crippen molar-refractivity contribution < 1.29 is 13.5 Å². The van der Waals surface area contributed by atoms with Crippen molar-refractivity contribution in [2.24, 2.45) is 5.41 Å². The monoisotopic (exact) mass is 250 g/mol. The number of rotatable bonds is 4. The second-order valence-electron chi connectivity index (χ2n) is 5.36. The van der Waals surface area contributed by atoms with Crippen LogP contribution in [0.15, 0.2) is 0 Å². The highest BCUT2D eigenvalue weighted by atomic mass is 32.2. The largest absolute Gasteiger partial charge is 0.392 e. The minimum Gasteiger partial charge on any atom is -0.392 e. The summed E-state index contributed by atoms with van der Waals surface area (Å²) in [6.45, 7) is 7.37. The Bertz CT molecular complexity index is 351. The molecule has 2 atom stereocenters. The van der Waals surface area contributed by atoms with Crippen LogP contribution in [0.4, 0.5) is 0 Å². The highest BCUT2D eigenvalue weighted by Gasteiger charge is 2.49. The van der Waals surface area contributed by atoms with Gasteiger partial charge in [-0.05, 0) is 20.3 Å². The van der Waals surface area contributed by atoms with Crippen LogP contribution in [0, 0.1) is 5.41 Å². The van der Waals surface area contributed by atoms with Crippen LogP contribution < -0.4 is 4.72 Å². The van der Waals surface area contributed by atoms with Crippen LogP contribution >= 0.6 is 0 Å². The Morgan fingerprint density at radius 3 is 2.25 bits per heavy atom. The van der Waals surface area contributed by atoms with Crippen LogP contribution in [-0.2, 0) is 10.2 Å². The van der Waals surface area contributed by atoms with E-state index in [1.807, 2.05) is 27.7 Å². The Labute approximate surface area is 98.0 Å². The number of nitrogens with zero attached hydrogens (tertiary/aromatic N) is 1. The maximum absolute atomic E-state index is 11.9. The standard InChI is InChI=1S/C10H22N2O3S/c1-7(2)12(5)16(14,15)11-8-6-9(13)10(8,3)4/h7-9,11,13H,6H2,1-5H3. The lowest BCUT2D eigenvalue weighted by Gasteiger charge is -2.49. The lowest BCUT2D eigenvalue weighted by atomic mass is 9.65. The summed E-state index contributed by atoms with van der Waals surface area (Å²) >= 11 is 0. The summed E-state index contributed by atoms with van der Waals surface area (Å²) in [7, 11) is -1.89. The summed E-state index contributed by atoms with van der Waals surface area (Å²) in [5, 5.41) is 9.54. The van der Waals surface area contributed by atoms with Crippen molar-refractivity contribution in [3.05, 3.63) is 0 Å². The normalized spacial score (nSPS) is 29.5. The summed E-state index contributed by atoms with van der Waals surface area (Å²) in [4.78, 5) is 0. The third-order valence-corrected chi connectivity index (χ3v) is 5.38. The van der Waals surface area contributed by atoms with Gasteiger partial charge in [0.2, 0.25) is 0 Å². The van der Waals surface area contributed by atoms with Crippen LogP contribution in [0.5, 0.6) is 0 Å². The molecule has 0 amide bonds. The fourth-order valence-electron chi connectivity index (χ4n) is 1.64. The molecule has 0 heterocycles. The molecule has 0 radical (unpaired) electrons. The first-order valence-corrected chi connectivity index (χ1v) is 6.96. The highest BCUT2D eigenvalue weighted by Crippen LogP contribution is 2.40. The third-order valence-electron chi connectivity index (χ3n) is 3.61. The first kappa shape index (κ1) is 13.9. The van der Waals surface area contributed by atoms with Gasteiger partial charge < -0.3 is 5.11 Å². The van der Waals surface area contributed by atoms with E-state index in [9.17, 15) is 13.5 Å². The van der Waals surface area contributed by atoms with Crippen molar-refractivity contribution in [1.82, 2.24) is 9.03 Å². The number of nitrogens with one attached hydrogen (secondary N) is 1. The third kappa shape index (κ3) is 2.40. The van der Waals surface area contributed by atoms with E-state index in [2.05, 4.69) is 4.72 Å². The number of aliphatic hydroxyl groups is 1. The van der Waals surface area contributed by atoms with E-state index in [1.165, 1.54) is 4.31 Å². The number of aliphatic hydroxyl groups excluding tert-OH is 1. The summed E-state index contributed by atoms with van der Waals surface area (Å²) in [5.74, 6) is 0. The molecule has 0 spiro atoms. The Hall–Kier alpha value is -0.170. The zero-order valence-corrected chi connectivity index (χ0v) is 11.4. The van der Waals surface area contributed by atoms with Crippen LogP contribution in [-0.4, -0.2) is 43.1 Å². The molecule has 1 aliphatic rings. The number of hydrogen-bond acceptors (Lipinski definition) is 3. The van der Waals surface area contributed by atoms with Crippen LogP contribution in [0.25, 0.3) is 0 Å². The van der Waals surface area contributed by atoms with Gasteiger partial charge >= 0.3 is 0 Å². The second kappa shape index (κ2) is 4.25. The van der Waals surface area contributed by atoms with Crippen LogP contribution in [0.3, 0.4) is 0 Å². The van der Waals surface area contributed by atoms with Crippen molar-refractivity contribution >= 4 is 10.2 Å². The van der Waals surface area contributed by atoms with Gasteiger partial charge in [0.15, 0.2) is 0 Å². The van der Waals surface area contributed by atoms with Crippen LogP contribution in [0.2, 0.25) is 0 Å². The molecule has 1 saturated carbocycles. The average molecular weight is 250 g/mol. The summed E-state index contributed by atoms with van der Waals surface area (Å²) in [6.07, 6.45) is 0.0580. The molecule has 0 bridgehead atoms. The smallest absolute Gasteiger partial charge is 0.279 e. The van der Waals surface area contributed by atoms with Gasteiger partial charge in [0.05, 0.1) is 6.10 Å². The zero-order valence-electron chi connectivity index (χ0n) is 10.6. The van der Waals surface area contributed by atoms with Crippen molar-refractivity contribution in [1.29, 1.82) is 0 Å². The Balaban J connectivity index is 2.69. The van der Waals surface area contributed by atoms with E-state index in [4.69, 9.17) is 0 Å². The van der Waals surface area contributed by atoms with Crippen molar-refractivity contribution in [2.45, 2.75) is 52.3 Å². The molecule has 1 fully saturated rings. The van der Waals surface area contributed by atoms with Crippen molar-refractivity contribution in [2.75, 3.05) is 7.05 Å². The van der Waals surface area contributed by atoms with E-state index in [-0.39, 0.29) is 17.5 Å². The first-order chi connectivity index (χ1) is 7.09. The minimum atomic E-state index is -3.44. The molecular formula is C10H22N2O3S. The first-order valence-electron chi connectivity index (χ1n) is 5.52. The summed E-state index contributed by atoms with van der Waals surface area (Å²) in [5.41, 5.74) is -0.384. The van der Waals surface area contributed by atoms with Gasteiger partial charge in [0.1, 0.15) is 0 Å². The fraction of sp³-hybridized carbons (Fsp3) is 1.00. The van der Waals surface area contributed by atoms with Gasteiger partial charge in [-0.15, -0.1) is 0 Å². The second-order valence-corrected chi connectivity index (χ2v) is 7.12. The molecule has 5 nitrogen and oxygen atoms in total. The van der Waals surface area contributed by atoms with Crippen molar-refractivity contribution in [3.63, 3.8) is 0 Å². The van der Waals surface area contributed by atoms with E-state index in [0.717, 1.165) is 0 Å². The quantitative estimate of drug-likeness (QED) is 0.755. The summed E-state index contributed by atoms with van der Waals surface area (Å²) < 4.78 is 27.7. The Kier molecular flexibility index (Phi) is 3.69. The average Bonchev–Trinajstić information content (AvgIpc) is 2.15. The molecule has 6 heteroatoms. The molecule has 96 valence electrons. The molecule has 0 aromatic heterocycles. The van der Waals surface area contributed by atoms with Crippen molar-refractivity contribution in [3.8, 4) is 0 Å². The molecule has 0 saturated heterocycles. The lowest BCUT2D eigenvalue weighted by Crippen LogP contribution is -2.62. The topological polar surface area (TPSA) is 69.6 Å². The minimum absolute atomic E-state index is 0.0781. The van der Waals surface area contributed by atoms with Gasteiger partial charge in [-0.25, -0.2) is 0 Å². The van der Waals surface area contributed by atoms with E-state index in [1.54, 1.807) is 7.05 Å². The van der Waals surface area contributed by atoms with Gasteiger partial charge in [0, 0.05) is 24.5 Å². The van der Waals surface area contributed by atoms with Gasteiger partial charge in [0.25, 0.3) is 10.2 Å². The van der Waals surface area contributed by atoms with E-state index >= 15 is 0 Å². The van der Waals surface area contributed by atoms with E-state index < -0.39 is 16.3 Å². The maximum atomic E-state index is 11.9. The molecular weight excluding hydrogens is 228 g/mol. The Morgan fingerprint density at radius 1 is 1.44 bits per heavy atom. The maximum Gasteiger partial charge on any atom is 0.279 e. The molecule has 16 heavy (non-hydrogen) atoms. The van der Waals surface area contributed by atoms with E-state index in [0.29, 0.717) is 6.42 Å².